The number of hydrogen-bond donors (Lipinski definition) is 4. The molecule has 4 aromatic rings. The van der Waals surface area contributed by atoms with Crippen LogP contribution in [0, 0.1) is 0 Å². The maximum Gasteiger partial charge on any atom is 0.323 e. The van der Waals surface area contributed by atoms with Crippen LogP contribution in [0.4, 0.5) is 16.2 Å². The molecule has 182 valence electrons. The molecule has 0 saturated heterocycles. The van der Waals surface area contributed by atoms with Crippen LogP contribution in [0.25, 0.3) is 10.9 Å². The second-order valence-corrected chi connectivity index (χ2v) is 8.74. The molecular weight excluding hydrogens is 454 g/mol. The van der Waals surface area contributed by atoms with E-state index in [0.717, 1.165) is 22.0 Å². The third-order valence-corrected chi connectivity index (χ3v) is 6.28. The summed E-state index contributed by atoms with van der Waals surface area (Å²) in [6.45, 7) is 0.305. The van der Waals surface area contributed by atoms with Gasteiger partial charge < -0.3 is 20.9 Å². The van der Waals surface area contributed by atoms with Gasteiger partial charge in [-0.05, 0) is 35.7 Å². The van der Waals surface area contributed by atoms with Crippen LogP contribution < -0.4 is 20.9 Å². The van der Waals surface area contributed by atoms with Crippen LogP contribution in [0.1, 0.15) is 11.1 Å². The minimum Gasteiger partial charge on any atom is -0.361 e. The van der Waals surface area contributed by atoms with E-state index >= 15 is 0 Å². The van der Waals surface area contributed by atoms with E-state index in [1.54, 1.807) is 24.3 Å². The Bertz CT molecular complexity index is 1400. The number of aromatic nitrogens is 1. The first-order chi connectivity index (χ1) is 17.6. The summed E-state index contributed by atoms with van der Waals surface area (Å²) in [5.74, 6) is -0.562. The molecule has 4 N–H and O–H groups in total. The third kappa shape index (κ3) is 5.07. The Labute approximate surface area is 208 Å². The van der Waals surface area contributed by atoms with Crippen molar-refractivity contribution in [2.45, 2.75) is 18.9 Å². The average molecular weight is 482 g/mol. The normalized spacial score (nSPS) is 13.6. The van der Waals surface area contributed by atoms with Gasteiger partial charge in [-0.3, -0.25) is 14.5 Å². The number of nitrogens with zero attached hydrogens (tertiary/aromatic N) is 1. The lowest BCUT2D eigenvalue weighted by Gasteiger charge is -2.30. The van der Waals surface area contributed by atoms with Crippen molar-refractivity contribution in [1.29, 1.82) is 0 Å². The Hall–Kier alpha value is -4.59. The van der Waals surface area contributed by atoms with Gasteiger partial charge in [0.2, 0.25) is 11.8 Å². The highest BCUT2D eigenvalue weighted by Crippen LogP contribution is 2.28. The number of H-pyrrole nitrogens is 1. The van der Waals surface area contributed by atoms with Crippen molar-refractivity contribution in [3.8, 4) is 0 Å². The zero-order valence-electron chi connectivity index (χ0n) is 19.7. The summed E-state index contributed by atoms with van der Waals surface area (Å²) in [5, 5.41) is 9.74. The summed E-state index contributed by atoms with van der Waals surface area (Å²) in [4.78, 5) is 43.3. The Balaban J connectivity index is 1.29. The van der Waals surface area contributed by atoms with Gasteiger partial charge in [-0.1, -0.05) is 60.7 Å². The second kappa shape index (κ2) is 10.4. The molecule has 4 amide bonds. The van der Waals surface area contributed by atoms with Crippen molar-refractivity contribution in [3.63, 3.8) is 0 Å². The molecule has 8 heteroatoms. The Morgan fingerprint density at radius 2 is 1.69 bits per heavy atom. The van der Waals surface area contributed by atoms with Gasteiger partial charge in [0.15, 0.2) is 0 Å². The fourth-order valence-corrected chi connectivity index (χ4v) is 4.48. The minimum absolute atomic E-state index is 0.122. The van der Waals surface area contributed by atoms with E-state index in [-0.39, 0.29) is 18.4 Å². The maximum atomic E-state index is 13.3. The monoisotopic (exact) mass is 481 g/mol. The highest BCUT2D eigenvalue weighted by Gasteiger charge is 2.30. The van der Waals surface area contributed by atoms with Gasteiger partial charge in [0.1, 0.15) is 12.6 Å². The van der Waals surface area contributed by atoms with Crippen LogP contribution in [-0.2, 0) is 22.4 Å². The Morgan fingerprint density at radius 1 is 0.944 bits per heavy atom. The van der Waals surface area contributed by atoms with Crippen molar-refractivity contribution < 1.29 is 14.4 Å². The standard InChI is InChI=1S/C28H27N5O3/c34-26-18-33(25-13-7-6-12-23(25)31-26)28(36)32-24(16-19-8-2-1-3-9-19)27(35)29-15-14-20-17-30-22-11-5-4-10-21(20)22/h1-13,17,24,30H,14-16,18H2,(H,29,35)(H,31,34)(H,32,36). The molecule has 2 heterocycles. The highest BCUT2D eigenvalue weighted by atomic mass is 16.2. The van der Waals surface area contributed by atoms with Crippen molar-refractivity contribution in [3.05, 3.63) is 96.2 Å². The van der Waals surface area contributed by atoms with E-state index < -0.39 is 12.1 Å². The fourth-order valence-electron chi connectivity index (χ4n) is 4.48. The molecule has 1 atom stereocenters. The number of benzene rings is 3. The van der Waals surface area contributed by atoms with Crippen LogP contribution >= 0.6 is 0 Å². The number of fused-ring (bicyclic) bond motifs is 2. The van der Waals surface area contributed by atoms with Crippen LogP contribution in [-0.4, -0.2) is 42.0 Å². The molecule has 0 radical (unpaired) electrons. The number of hydrogen-bond acceptors (Lipinski definition) is 3. The number of carbonyl (C=O) groups is 3. The van der Waals surface area contributed by atoms with Crippen molar-refractivity contribution in [2.75, 3.05) is 23.3 Å². The number of amides is 4. The number of para-hydroxylation sites is 3. The molecule has 0 fully saturated rings. The van der Waals surface area contributed by atoms with Crippen molar-refractivity contribution >= 4 is 40.1 Å². The lowest BCUT2D eigenvalue weighted by molar-refractivity contribution is -0.122. The molecule has 1 aliphatic heterocycles. The first-order valence-electron chi connectivity index (χ1n) is 11.9. The van der Waals surface area contributed by atoms with E-state index in [1.807, 2.05) is 60.8 Å². The SMILES string of the molecule is O=C1CN(C(=O)NC(Cc2ccccc2)C(=O)NCCc2c[nH]c3ccccc23)c2ccccc2N1. The lowest BCUT2D eigenvalue weighted by Crippen LogP contribution is -2.54. The lowest BCUT2D eigenvalue weighted by atomic mass is 10.0. The number of aromatic amines is 1. The Kier molecular flexibility index (Phi) is 6.66. The van der Waals surface area contributed by atoms with Gasteiger partial charge in [0.25, 0.3) is 0 Å². The number of nitrogens with one attached hydrogen (secondary N) is 4. The van der Waals surface area contributed by atoms with E-state index in [2.05, 4.69) is 20.9 Å². The van der Waals surface area contributed by atoms with E-state index in [9.17, 15) is 14.4 Å². The molecule has 0 saturated carbocycles. The molecule has 1 aromatic heterocycles. The number of urea groups is 1. The smallest absolute Gasteiger partial charge is 0.323 e. The summed E-state index contributed by atoms with van der Waals surface area (Å²) < 4.78 is 0. The summed E-state index contributed by atoms with van der Waals surface area (Å²) in [5.41, 5.74) is 4.25. The summed E-state index contributed by atoms with van der Waals surface area (Å²) in [6, 6.07) is 23.4. The molecule has 1 unspecified atom stereocenters. The van der Waals surface area contributed by atoms with E-state index in [1.165, 1.54) is 4.90 Å². The molecule has 8 nitrogen and oxygen atoms in total. The molecule has 0 bridgehead atoms. The molecule has 3 aromatic carbocycles. The van der Waals surface area contributed by atoms with Gasteiger partial charge in [0.05, 0.1) is 11.4 Å². The highest BCUT2D eigenvalue weighted by molar-refractivity contribution is 6.10. The molecule has 0 aliphatic carbocycles. The molecule has 36 heavy (non-hydrogen) atoms. The van der Waals surface area contributed by atoms with Crippen LogP contribution in [0.3, 0.4) is 0 Å². The summed E-state index contributed by atoms with van der Waals surface area (Å²) in [7, 11) is 0. The predicted octanol–water partition coefficient (Wildman–Crippen LogP) is 3.61. The topological polar surface area (TPSA) is 106 Å². The van der Waals surface area contributed by atoms with Crippen LogP contribution in [0.15, 0.2) is 85.1 Å². The zero-order chi connectivity index (χ0) is 24.9. The van der Waals surface area contributed by atoms with Gasteiger partial charge in [0, 0.05) is 30.1 Å². The molecular formula is C28H27N5O3. The number of rotatable bonds is 7. The summed E-state index contributed by atoms with van der Waals surface area (Å²) >= 11 is 0. The van der Waals surface area contributed by atoms with Gasteiger partial charge >= 0.3 is 6.03 Å². The van der Waals surface area contributed by atoms with Crippen LogP contribution in [0.5, 0.6) is 0 Å². The Morgan fingerprint density at radius 3 is 2.56 bits per heavy atom. The molecule has 1 aliphatic rings. The fraction of sp³-hybridized carbons (Fsp3) is 0.179. The number of anilines is 2. The van der Waals surface area contributed by atoms with Gasteiger partial charge in [-0.25, -0.2) is 4.79 Å². The quantitative estimate of drug-likeness (QED) is 0.324. The van der Waals surface area contributed by atoms with Crippen molar-refractivity contribution in [2.24, 2.45) is 0 Å². The van der Waals surface area contributed by atoms with E-state index in [4.69, 9.17) is 0 Å². The largest absolute Gasteiger partial charge is 0.361 e. The maximum absolute atomic E-state index is 13.3. The van der Waals surface area contributed by atoms with E-state index in [0.29, 0.717) is 30.8 Å². The first kappa shape index (κ1) is 23.2. The van der Waals surface area contributed by atoms with Gasteiger partial charge in [-0.2, -0.15) is 0 Å². The number of carbonyl (C=O) groups excluding carboxylic acids is 3. The second-order valence-electron chi connectivity index (χ2n) is 8.74. The third-order valence-electron chi connectivity index (χ3n) is 6.28. The van der Waals surface area contributed by atoms with Crippen LogP contribution in [0.2, 0.25) is 0 Å². The summed E-state index contributed by atoms with van der Waals surface area (Å²) in [6.07, 6.45) is 2.94. The molecule has 5 rings (SSSR count). The van der Waals surface area contributed by atoms with Gasteiger partial charge in [-0.15, -0.1) is 0 Å². The zero-order valence-corrected chi connectivity index (χ0v) is 19.7. The van der Waals surface area contributed by atoms with Crippen molar-refractivity contribution in [1.82, 2.24) is 15.6 Å². The minimum atomic E-state index is -0.806. The predicted molar refractivity (Wildman–Crippen MR) is 140 cm³/mol. The first-order valence-corrected chi connectivity index (χ1v) is 11.9. The average Bonchev–Trinajstić information content (AvgIpc) is 3.31. The molecule has 0 spiro atoms.